The Hall–Kier alpha value is -0.830. The average molecular weight is 159 g/mol. The van der Waals surface area contributed by atoms with E-state index in [4.69, 9.17) is 4.74 Å². The Balaban J connectivity index is 0. The normalized spacial score (nSPS) is 9.64. The van der Waals surface area contributed by atoms with Gasteiger partial charge in [0.05, 0.1) is 19.4 Å². The zero-order chi connectivity index (χ0) is 9.11. The lowest BCUT2D eigenvalue weighted by Crippen LogP contribution is -1.91. The number of nitrogens with zero attached hydrogens (tertiary/aromatic N) is 1. The van der Waals surface area contributed by atoms with Gasteiger partial charge in [0.2, 0.25) is 0 Å². The van der Waals surface area contributed by atoms with Gasteiger partial charge in [0.15, 0.2) is 0 Å². The molecule has 0 saturated carbocycles. The van der Waals surface area contributed by atoms with Crippen LogP contribution in [0.5, 0.6) is 0 Å². The Morgan fingerprint density at radius 1 is 1.45 bits per heavy atom. The third-order valence-corrected chi connectivity index (χ3v) is 0.749. The predicted molar refractivity (Wildman–Crippen MR) is 47.9 cm³/mol. The van der Waals surface area contributed by atoms with Crippen LogP contribution in [0.15, 0.2) is 17.0 Å². The van der Waals surface area contributed by atoms with Crippen molar-refractivity contribution < 1.29 is 9.47 Å². The van der Waals surface area contributed by atoms with Crippen molar-refractivity contribution in [2.45, 2.75) is 13.8 Å². The quantitative estimate of drug-likeness (QED) is 0.463. The van der Waals surface area contributed by atoms with Gasteiger partial charge in [-0.25, -0.2) is 0 Å². The van der Waals surface area contributed by atoms with Gasteiger partial charge in [-0.3, -0.25) is 4.99 Å². The van der Waals surface area contributed by atoms with E-state index in [-0.39, 0.29) is 0 Å². The average Bonchev–Trinajstić information content (AvgIpc) is 2.08. The molecule has 0 unspecified atom stereocenters. The zero-order valence-corrected chi connectivity index (χ0v) is 7.76. The molecule has 0 radical (unpaired) electrons. The summed E-state index contributed by atoms with van der Waals surface area (Å²) in [5.74, 6) is 0. The number of ether oxygens (including phenoxy) is 2. The van der Waals surface area contributed by atoms with Crippen LogP contribution in [-0.2, 0) is 9.47 Å². The molecule has 66 valence electrons. The molecule has 3 nitrogen and oxygen atoms in total. The third-order valence-electron chi connectivity index (χ3n) is 0.749. The summed E-state index contributed by atoms with van der Waals surface area (Å²) < 4.78 is 9.44. The van der Waals surface area contributed by atoms with Gasteiger partial charge in [0.1, 0.15) is 6.26 Å². The summed E-state index contributed by atoms with van der Waals surface area (Å²) in [7, 11) is 3.15. The van der Waals surface area contributed by atoms with E-state index in [0.29, 0.717) is 12.3 Å². The van der Waals surface area contributed by atoms with Gasteiger partial charge in [0.25, 0.3) is 0 Å². The number of hydrogen-bond acceptors (Lipinski definition) is 3. The lowest BCUT2D eigenvalue weighted by molar-refractivity contribution is 0.219. The summed E-state index contributed by atoms with van der Waals surface area (Å²) in [4.78, 5) is 3.63. The van der Waals surface area contributed by atoms with Gasteiger partial charge < -0.3 is 9.47 Å². The molecule has 0 aliphatic carbocycles. The molecule has 0 spiro atoms. The maximum absolute atomic E-state index is 4.77. The van der Waals surface area contributed by atoms with Gasteiger partial charge in [-0.15, -0.1) is 0 Å². The van der Waals surface area contributed by atoms with Crippen molar-refractivity contribution in [2.75, 3.05) is 20.8 Å². The minimum Gasteiger partial charge on any atom is -0.502 e. The smallest absolute Gasteiger partial charge is 0.106 e. The first kappa shape index (κ1) is 12.8. The van der Waals surface area contributed by atoms with Crippen molar-refractivity contribution in [3.05, 3.63) is 12.0 Å². The monoisotopic (exact) mass is 159 g/mol. The Morgan fingerprint density at radius 2 is 2.00 bits per heavy atom. The van der Waals surface area contributed by atoms with E-state index in [1.165, 1.54) is 6.26 Å². The lowest BCUT2D eigenvalue weighted by atomic mass is 10.5. The molecule has 0 aliphatic heterocycles. The highest BCUT2D eigenvalue weighted by Crippen LogP contribution is 1.94. The lowest BCUT2D eigenvalue weighted by Gasteiger charge is -1.96. The van der Waals surface area contributed by atoms with Crippen LogP contribution in [0.1, 0.15) is 13.8 Å². The second-order valence-electron chi connectivity index (χ2n) is 1.44. The largest absolute Gasteiger partial charge is 0.502 e. The van der Waals surface area contributed by atoms with Crippen molar-refractivity contribution in [3.8, 4) is 0 Å². The van der Waals surface area contributed by atoms with Crippen LogP contribution in [0.25, 0.3) is 0 Å². The fourth-order valence-corrected chi connectivity index (χ4v) is 0.401. The minimum absolute atomic E-state index is 0.442. The van der Waals surface area contributed by atoms with Gasteiger partial charge in [-0.1, -0.05) is 13.8 Å². The Bertz CT molecular complexity index is 111. The highest BCUT2D eigenvalue weighted by atomic mass is 16.5. The molecule has 0 aromatic carbocycles. The van der Waals surface area contributed by atoms with Crippen LogP contribution in [0.3, 0.4) is 0 Å². The van der Waals surface area contributed by atoms with Crippen LogP contribution in [-0.4, -0.2) is 27.5 Å². The van der Waals surface area contributed by atoms with E-state index in [0.717, 1.165) is 0 Å². The second-order valence-corrected chi connectivity index (χ2v) is 1.44. The van der Waals surface area contributed by atoms with E-state index in [1.54, 1.807) is 14.2 Å². The molecule has 0 heterocycles. The van der Waals surface area contributed by atoms with Crippen molar-refractivity contribution in [3.63, 3.8) is 0 Å². The summed E-state index contributed by atoms with van der Waals surface area (Å²) in [6.45, 7) is 7.76. The number of aliphatic imine (C=N–C) groups is 1. The van der Waals surface area contributed by atoms with E-state index in [1.807, 2.05) is 13.8 Å². The first-order valence-electron chi connectivity index (χ1n) is 3.52. The van der Waals surface area contributed by atoms with E-state index in [9.17, 15) is 0 Å². The highest BCUT2D eigenvalue weighted by Gasteiger charge is 1.88. The fraction of sp³-hybridized carbons (Fsp3) is 0.625. The molecule has 0 rings (SSSR count). The molecule has 0 aromatic rings. The summed E-state index contributed by atoms with van der Waals surface area (Å²) in [6.07, 6.45) is 1.50. The van der Waals surface area contributed by atoms with Crippen molar-refractivity contribution in [1.29, 1.82) is 0 Å². The van der Waals surface area contributed by atoms with Crippen molar-refractivity contribution in [2.24, 2.45) is 4.99 Å². The first-order chi connectivity index (χ1) is 5.35. The number of rotatable bonds is 4. The SMILES string of the molecule is C=N/C(=C\OC)COC.CC. The maximum atomic E-state index is 4.77. The topological polar surface area (TPSA) is 30.8 Å². The molecular weight excluding hydrogens is 142 g/mol. The number of hydrogen-bond donors (Lipinski definition) is 0. The van der Waals surface area contributed by atoms with Crippen LogP contribution in [0.4, 0.5) is 0 Å². The zero-order valence-electron chi connectivity index (χ0n) is 7.76. The molecule has 3 heteroatoms. The summed E-state index contributed by atoms with van der Waals surface area (Å²) in [6, 6.07) is 0. The Labute approximate surface area is 68.7 Å². The summed E-state index contributed by atoms with van der Waals surface area (Å²) in [5, 5.41) is 0. The maximum Gasteiger partial charge on any atom is 0.106 e. The minimum atomic E-state index is 0.442. The molecule has 0 N–H and O–H groups in total. The Kier molecular flexibility index (Phi) is 13.9. The highest BCUT2D eigenvalue weighted by molar-refractivity contribution is 5.28. The molecule has 0 fully saturated rings. The van der Waals surface area contributed by atoms with E-state index >= 15 is 0 Å². The predicted octanol–water partition coefficient (Wildman–Crippen LogP) is 1.85. The Morgan fingerprint density at radius 3 is 2.27 bits per heavy atom. The van der Waals surface area contributed by atoms with Crippen LogP contribution < -0.4 is 0 Å². The van der Waals surface area contributed by atoms with Crippen LogP contribution in [0, 0.1) is 0 Å². The molecule has 0 atom stereocenters. The fourth-order valence-electron chi connectivity index (χ4n) is 0.401. The van der Waals surface area contributed by atoms with Crippen LogP contribution in [0.2, 0.25) is 0 Å². The number of methoxy groups -OCH3 is 2. The standard InChI is InChI=1S/C6H11NO2.C2H6/c1-7-6(4-8-2)5-9-3;1-2/h4H,1,5H2,2-3H3;1-2H3/b6-4-;. The van der Waals surface area contributed by atoms with Gasteiger partial charge in [0, 0.05) is 7.11 Å². The molecule has 0 bridgehead atoms. The van der Waals surface area contributed by atoms with E-state index < -0.39 is 0 Å². The van der Waals surface area contributed by atoms with Crippen molar-refractivity contribution >= 4 is 6.72 Å². The second kappa shape index (κ2) is 11.9. The molecule has 11 heavy (non-hydrogen) atoms. The molecule has 0 aromatic heterocycles. The third kappa shape index (κ3) is 9.17. The van der Waals surface area contributed by atoms with E-state index in [2.05, 4.69) is 16.4 Å². The molecule has 0 aliphatic rings. The van der Waals surface area contributed by atoms with Crippen LogP contribution >= 0.6 is 0 Å². The molecular formula is C8H17NO2. The first-order valence-corrected chi connectivity index (χ1v) is 3.52. The van der Waals surface area contributed by atoms with Crippen molar-refractivity contribution in [1.82, 2.24) is 0 Å². The molecule has 0 amide bonds. The van der Waals surface area contributed by atoms with Gasteiger partial charge >= 0.3 is 0 Å². The molecule has 0 saturated heterocycles. The van der Waals surface area contributed by atoms with Gasteiger partial charge in [-0.05, 0) is 6.72 Å². The summed E-state index contributed by atoms with van der Waals surface area (Å²) in [5.41, 5.74) is 0.694. The van der Waals surface area contributed by atoms with Gasteiger partial charge in [-0.2, -0.15) is 0 Å². The summed E-state index contributed by atoms with van der Waals surface area (Å²) >= 11 is 0.